The Labute approximate surface area is 196 Å². The van der Waals surface area contributed by atoms with Gasteiger partial charge in [0.05, 0.1) is 0 Å². The van der Waals surface area contributed by atoms with Gasteiger partial charge in [-0.15, -0.1) is 0 Å². The molecular formula is C30H44N2. The fraction of sp³-hybridized carbons (Fsp3) is 0.667. The van der Waals surface area contributed by atoms with E-state index in [-0.39, 0.29) is 0 Å². The predicted molar refractivity (Wildman–Crippen MR) is 136 cm³/mol. The summed E-state index contributed by atoms with van der Waals surface area (Å²) in [5.74, 6) is 4.20. The molecule has 2 fully saturated rings. The Balaban J connectivity index is 1.28. The van der Waals surface area contributed by atoms with Gasteiger partial charge < -0.3 is 0 Å². The van der Waals surface area contributed by atoms with Gasteiger partial charge in [-0.3, -0.25) is 0 Å². The number of aromatic nitrogens is 2. The molecule has 0 N–H and O–H groups in total. The van der Waals surface area contributed by atoms with Crippen molar-refractivity contribution in [3.63, 3.8) is 0 Å². The van der Waals surface area contributed by atoms with Gasteiger partial charge in [0.2, 0.25) is 0 Å². The first-order valence-corrected chi connectivity index (χ1v) is 13.7. The summed E-state index contributed by atoms with van der Waals surface area (Å²) in [6, 6.07) is 9.16. The highest BCUT2D eigenvalue weighted by Gasteiger charge is 2.23. The zero-order chi connectivity index (χ0) is 22.2. The predicted octanol–water partition coefficient (Wildman–Crippen LogP) is 9.07. The molecule has 2 aromatic rings. The molecule has 0 saturated heterocycles. The molecule has 0 bridgehead atoms. The average Bonchev–Trinajstić information content (AvgIpc) is 2.87. The van der Waals surface area contributed by atoms with Gasteiger partial charge in [-0.25, -0.2) is 9.97 Å². The van der Waals surface area contributed by atoms with Crippen LogP contribution in [0.2, 0.25) is 0 Å². The molecular weight excluding hydrogens is 388 g/mol. The molecule has 0 spiro atoms. The molecule has 174 valence electrons. The molecule has 0 radical (unpaired) electrons. The van der Waals surface area contributed by atoms with Crippen molar-refractivity contribution in [2.24, 2.45) is 11.8 Å². The first-order chi connectivity index (χ1) is 15.8. The summed E-state index contributed by atoms with van der Waals surface area (Å²) in [7, 11) is 0. The van der Waals surface area contributed by atoms with Crippen LogP contribution in [0.1, 0.15) is 127 Å². The summed E-state index contributed by atoms with van der Waals surface area (Å²) in [6.45, 7) is 4.63. The van der Waals surface area contributed by atoms with Gasteiger partial charge in [-0.05, 0) is 86.2 Å². The lowest BCUT2D eigenvalue weighted by Gasteiger charge is -2.29. The number of benzene rings is 1. The first kappa shape index (κ1) is 23.5. The van der Waals surface area contributed by atoms with E-state index in [4.69, 9.17) is 9.97 Å². The molecule has 0 atom stereocenters. The van der Waals surface area contributed by atoms with Crippen LogP contribution in [0.3, 0.4) is 0 Å². The first-order valence-electron chi connectivity index (χ1n) is 13.7. The van der Waals surface area contributed by atoms with Crippen molar-refractivity contribution in [3.05, 3.63) is 47.8 Å². The lowest BCUT2D eigenvalue weighted by Crippen LogP contribution is -2.13. The van der Waals surface area contributed by atoms with Crippen molar-refractivity contribution in [2.45, 2.75) is 116 Å². The van der Waals surface area contributed by atoms with Crippen molar-refractivity contribution < 1.29 is 0 Å². The molecule has 1 aromatic carbocycles. The topological polar surface area (TPSA) is 25.8 Å². The van der Waals surface area contributed by atoms with Crippen molar-refractivity contribution in [2.75, 3.05) is 0 Å². The standard InChI is InChI=1S/C30H44N2/c1-3-5-6-7-8-24-11-15-25(16-12-24)26-17-19-28(20-18-26)30-31-21-29(22-32-30)27-13-9-23(4-2)10-14-27/h17-25,27H,3-16H2,1-2H3. The average molecular weight is 433 g/mol. The number of unbranched alkanes of at least 4 members (excludes halogenated alkanes) is 3. The highest BCUT2D eigenvalue weighted by Crippen LogP contribution is 2.39. The molecule has 4 rings (SSSR count). The second-order valence-electron chi connectivity index (χ2n) is 10.7. The molecule has 1 heterocycles. The quantitative estimate of drug-likeness (QED) is 0.369. The zero-order valence-corrected chi connectivity index (χ0v) is 20.6. The van der Waals surface area contributed by atoms with Crippen LogP contribution >= 0.6 is 0 Å². The molecule has 2 heteroatoms. The second kappa shape index (κ2) is 12.0. The Hall–Kier alpha value is -1.70. The van der Waals surface area contributed by atoms with Gasteiger partial charge in [0, 0.05) is 18.0 Å². The summed E-state index contributed by atoms with van der Waals surface area (Å²) in [5.41, 5.74) is 4.01. The summed E-state index contributed by atoms with van der Waals surface area (Å²) in [6.07, 6.45) is 23.5. The lowest BCUT2D eigenvalue weighted by molar-refractivity contribution is 0.302. The summed E-state index contributed by atoms with van der Waals surface area (Å²) >= 11 is 0. The molecule has 2 aliphatic carbocycles. The Morgan fingerprint density at radius 2 is 1.25 bits per heavy atom. The fourth-order valence-electron chi connectivity index (χ4n) is 6.15. The highest BCUT2D eigenvalue weighted by atomic mass is 14.9. The molecule has 0 aliphatic heterocycles. The third kappa shape index (κ3) is 6.21. The van der Waals surface area contributed by atoms with Crippen LogP contribution < -0.4 is 0 Å². The number of nitrogens with zero attached hydrogens (tertiary/aromatic N) is 2. The highest BCUT2D eigenvalue weighted by molar-refractivity contribution is 5.55. The summed E-state index contributed by atoms with van der Waals surface area (Å²) < 4.78 is 0. The van der Waals surface area contributed by atoms with E-state index in [1.807, 2.05) is 0 Å². The van der Waals surface area contributed by atoms with Crippen LogP contribution in [0, 0.1) is 11.8 Å². The molecule has 2 saturated carbocycles. The number of hydrogen-bond donors (Lipinski definition) is 0. The van der Waals surface area contributed by atoms with Crippen molar-refractivity contribution in [3.8, 4) is 11.4 Å². The van der Waals surface area contributed by atoms with Crippen LogP contribution in [0.5, 0.6) is 0 Å². The molecule has 1 aromatic heterocycles. The van der Waals surface area contributed by atoms with E-state index in [9.17, 15) is 0 Å². The van der Waals surface area contributed by atoms with Gasteiger partial charge in [-0.2, -0.15) is 0 Å². The molecule has 2 nitrogen and oxygen atoms in total. The largest absolute Gasteiger partial charge is 0.236 e. The van der Waals surface area contributed by atoms with E-state index < -0.39 is 0 Å². The van der Waals surface area contributed by atoms with Crippen LogP contribution in [0.15, 0.2) is 36.7 Å². The lowest BCUT2D eigenvalue weighted by atomic mass is 9.77. The molecule has 2 aliphatic rings. The van der Waals surface area contributed by atoms with E-state index in [0.29, 0.717) is 5.92 Å². The van der Waals surface area contributed by atoms with Crippen LogP contribution in [0.25, 0.3) is 11.4 Å². The SMILES string of the molecule is CCCCCCC1CCC(c2ccc(-c3ncc(C4CCC(CC)CC4)cn3)cc2)CC1. The van der Waals surface area contributed by atoms with Crippen LogP contribution in [-0.2, 0) is 0 Å². The summed E-state index contributed by atoms with van der Waals surface area (Å²) in [4.78, 5) is 9.49. The minimum Gasteiger partial charge on any atom is -0.236 e. The Morgan fingerprint density at radius 1 is 0.656 bits per heavy atom. The molecule has 0 unspecified atom stereocenters. The third-order valence-corrected chi connectivity index (χ3v) is 8.52. The third-order valence-electron chi connectivity index (χ3n) is 8.52. The Morgan fingerprint density at radius 3 is 1.84 bits per heavy atom. The van der Waals surface area contributed by atoms with Crippen LogP contribution in [0.4, 0.5) is 0 Å². The zero-order valence-electron chi connectivity index (χ0n) is 20.6. The van der Waals surface area contributed by atoms with Gasteiger partial charge in [-0.1, -0.05) is 76.6 Å². The van der Waals surface area contributed by atoms with E-state index >= 15 is 0 Å². The van der Waals surface area contributed by atoms with Crippen molar-refractivity contribution >= 4 is 0 Å². The van der Waals surface area contributed by atoms with Crippen molar-refractivity contribution in [1.82, 2.24) is 9.97 Å². The smallest absolute Gasteiger partial charge is 0.159 e. The van der Waals surface area contributed by atoms with Gasteiger partial charge in [0.15, 0.2) is 5.82 Å². The normalized spacial score (nSPS) is 26.2. The monoisotopic (exact) mass is 432 g/mol. The maximum Gasteiger partial charge on any atom is 0.159 e. The van der Waals surface area contributed by atoms with E-state index in [2.05, 4.69) is 50.5 Å². The van der Waals surface area contributed by atoms with Crippen LogP contribution in [-0.4, -0.2) is 9.97 Å². The fourth-order valence-corrected chi connectivity index (χ4v) is 6.15. The molecule has 32 heavy (non-hydrogen) atoms. The minimum atomic E-state index is 0.663. The van der Waals surface area contributed by atoms with E-state index in [0.717, 1.165) is 29.1 Å². The van der Waals surface area contributed by atoms with Crippen molar-refractivity contribution in [1.29, 1.82) is 0 Å². The van der Waals surface area contributed by atoms with E-state index in [1.54, 1.807) is 0 Å². The number of hydrogen-bond acceptors (Lipinski definition) is 2. The Bertz CT molecular complexity index is 779. The van der Waals surface area contributed by atoms with Gasteiger partial charge in [0.1, 0.15) is 0 Å². The summed E-state index contributed by atoms with van der Waals surface area (Å²) in [5, 5.41) is 0. The minimum absolute atomic E-state index is 0.663. The maximum absolute atomic E-state index is 4.75. The molecule has 0 amide bonds. The van der Waals surface area contributed by atoms with Gasteiger partial charge in [0.25, 0.3) is 0 Å². The number of rotatable bonds is 9. The van der Waals surface area contributed by atoms with Gasteiger partial charge >= 0.3 is 0 Å². The van der Waals surface area contributed by atoms with E-state index in [1.165, 1.54) is 101 Å². The Kier molecular flexibility index (Phi) is 8.77. The maximum atomic E-state index is 4.75. The second-order valence-corrected chi connectivity index (χ2v) is 10.7.